The number of hydrogen-bond donors (Lipinski definition) is 2. The summed E-state index contributed by atoms with van der Waals surface area (Å²) in [6, 6.07) is 14.3. The van der Waals surface area contributed by atoms with Gasteiger partial charge in [0.25, 0.3) is 0 Å². The van der Waals surface area contributed by atoms with E-state index >= 15 is 0 Å². The van der Waals surface area contributed by atoms with Crippen LogP contribution in [0.15, 0.2) is 46.9 Å². The van der Waals surface area contributed by atoms with Crippen molar-refractivity contribution in [2.24, 2.45) is 0 Å². The predicted octanol–water partition coefficient (Wildman–Crippen LogP) is 5.83. The summed E-state index contributed by atoms with van der Waals surface area (Å²) >= 11 is 3.49. The summed E-state index contributed by atoms with van der Waals surface area (Å²) in [6.45, 7) is 4.17. The van der Waals surface area contributed by atoms with Crippen molar-refractivity contribution >= 4 is 38.6 Å². The number of pyridine rings is 1. The van der Waals surface area contributed by atoms with Crippen LogP contribution >= 0.6 is 15.9 Å². The maximum Gasteiger partial charge on any atom is 0.342 e. The van der Waals surface area contributed by atoms with E-state index in [0.717, 1.165) is 50.9 Å². The number of anilines is 1. The highest BCUT2D eigenvalue weighted by Crippen LogP contribution is 2.43. The average molecular weight is 476 g/mol. The minimum atomic E-state index is -0.439. The molecule has 0 bridgehead atoms. The Morgan fingerprint density at radius 1 is 1.16 bits per heavy atom. The van der Waals surface area contributed by atoms with Crippen molar-refractivity contribution in [3.8, 4) is 22.5 Å². The minimum Gasteiger partial charge on any atom is -0.462 e. The molecular formula is C25H22BrN3O2. The third kappa shape index (κ3) is 3.22. The van der Waals surface area contributed by atoms with Gasteiger partial charge in [-0.25, -0.2) is 9.78 Å². The molecule has 4 aromatic rings. The number of carbonyl (C=O) groups is 1. The first-order chi connectivity index (χ1) is 15.0. The van der Waals surface area contributed by atoms with Gasteiger partial charge in [0.15, 0.2) is 0 Å². The maximum absolute atomic E-state index is 12.9. The van der Waals surface area contributed by atoms with Crippen LogP contribution in [0.5, 0.6) is 0 Å². The number of aromatic nitrogens is 2. The molecule has 0 unspecified atom stereocenters. The summed E-state index contributed by atoms with van der Waals surface area (Å²) in [4.78, 5) is 21.1. The Morgan fingerprint density at radius 3 is 2.65 bits per heavy atom. The lowest BCUT2D eigenvalue weighted by molar-refractivity contribution is 0.0528. The molecule has 2 aromatic carbocycles. The molecule has 0 atom stereocenters. The lowest BCUT2D eigenvalue weighted by Crippen LogP contribution is -2.16. The Morgan fingerprint density at radius 2 is 1.90 bits per heavy atom. The fourth-order valence-electron chi connectivity index (χ4n) is 4.51. The molecule has 0 radical (unpaired) electrons. The quantitative estimate of drug-likeness (QED) is 0.365. The van der Waals surface area contributed by atoms with E-state index in [-0.39, 0.29) is 12.4 Å². The number of hydrogen-bond acceptors (Lipinski definition) is 4. The number of aromatic amines is 1. The molecule has 2 heterocycles. The molecule has 0 aliphatic heterocycles. The van der Waals surface area contributed by atoms with E-state index in [1.165, 1.54) is 16.5 Å². The maximum atomic E-state index is 12.9. The highest BCUT2D eigenvalue weighted by atomic mass is 79.9. The van der Waals surface area contributed by atoms with E-state index in [2.05, 4.69) is 46.0 Å². The number of benzene rings is 2. The van der Waals surface area contributed by atoms with Gasteiger partial charge in [-0.15, -0.1) is 0 Å². The standard InChI is InChI=1S/C25H22BrN3O2/c1-3-31-25(30)21-20(14-5-7-15(26)8-6-14)17-10-9-16-18-12-13(2)4-11-19(18)28-22(16)23(17)29-24(21)27/h4-8,11-12,28H,3,9-10H2,1-2H3,(H2,27,29). The molecule has 1 aliphatic rings. The molecule has 5 nitrogen and oxygen atoms in total. The number of nitrogens with two attached hydrogens (primary N) is 1. The first-order valence-electron chi connectivity index (χ1n) is 10.3. The number of nitrogen functional groups attached to an aromatic ring is 1. The molecule has 0 amide bonds. The number of H-pyrrole nitrogens is 1. The van der Waals surface area contributed by atoms with Crippen molar-refractivity contribution < 1.29 is 9.53 Å². The molecule has 0 saturated heterocycles. The number of fused-ring (bicyclic) bond motifs is 5. The Labute approximate surface area is 188 Å². The van der Waals surface area contributed by atoms with Crippen LogP contribution in [0.1, 0.15) is 34.0 Å². The van der Waals surface area contributed by atoms with E-state index in [9.17, 15) is 4.79 Å². The van der Waals surface area contributed by atoms with Gasteiger partial charge in [-0.2, -0.15) is 0 Å². The van der Waals surface area contributed by atoms with Gasteiger partial charge in [-0.1, -0.05) is 39.7 Å². The Bertz CT molecular complexity index is 1340. The molecule has 0 saturated carbocycles. The zero-order valence-electron chi connectivity index (χ0n) is 17.4. The third-order valence-electron chi connectivity index (χ3n) is 5.86. The van der Waals surface area contributed by atoms with E-state index in [4.69, 9.17) is 15.5 Å². The first kappa shape index (κ1) is 19.8. The zero-order chi connectivity index (χ0) is 21.7. The Hall–Kier alpha value is -3.12. The molecule has 0 fully saturated rings. The highest BCUT2D eigenvalue weighted by molar-refractivity contribution is 9.10. The monoisotopic (exact) mass is 475 g/mol. The van der Waals surface area contributed by atoms with Gasteiger partial charge in [0.2, 0.25) is 0 Å². The van der Waals surface area contributed by atoms with Crippen molar-refractivity contribution in [2.45, 2.75) is 26.7 Å². The van der Waals surface area contributed by atoms with Gasteiger partial charge in [0, 0.05) is 20.9 Å². The molecule has 2 aromatic heterocycles. The normalized spacial score (nSPS) is 12.5. The molecule has 0 spiro atoms. The predicted molar refractivity (Wildman–Crippen MR) is 127 cm³/mol. The van der Waals surface area contributed by atoms with E-state index in [1.54, 1.807) is 6.92 Å². The molecule has 1 aliphatic carbocycles. The van der Waals surface area contributed by atoms with Crippen LogP contribution in [0, 0.1) is 6.92 Å². The fraction of sp³-hybridized carbons (Fsp3) is 0.200. The highest BCUT2D eigenvalue weighted by Gasteiger charge is 2.30. The van der Waals surface area contributed by atoms with Gasteiger partial charge in [-0.05, 0) is 67.6 Å². The van der Waals surface area contributed by atoms with Gasteiger partial charge in [0.05, 0.1) is 18.0 Å². The van der Waals surface area contributed by atoms with E-state index < -0.39 is 5.97 Å². The summed E-state index contributed by atoms with van der Waals surface area (Å²) in [5, 5.41) is 1.22. The fourth-order valence-corrected chi connectivity index (χ4v) is 4.77. The van der Waals surface area contributed by atoms with E-state index in [0.29, 0.717) is 5.56 Å². The topological polar surface area (TPSA) is 81.0 Å². The summed E-state index contributed by atoms with van der Waals surface area (Å²) < 4.78 is 6.31. The minimum absolute atomic E-state index is 0.192. The number of esters is 1. The smallest absolute Gasteiger partial charge is 0.342 e. The molecule has 5 rings (SSSR count). The first-order valence-corrected chi connectivity index (χ1v) is 11.1. The van der Waals surface area contributed by atoms with Crippen molar-refractivity contribution in [3.05, 3.63) is 69.2 Å². The summed E-state index contributed by atoms with van der Waals surface area (Å²) in [6.07, 6.45) is 1.64. The molecule has 3 N–H and O–H groups in total. The zero-order valence-corrected chi connectivity index (χ0v) is 19.0. The molecule has 31 heavy (non-hydrogen) atoms. The van der Waals surface area contributed by atoms with Gasteiger partial charge in [-0.3, -0.25) is 0 Å². The number of nitrogens with zero attached hydrogens (tertiary/aromatic N) is 1. The van der Waals surface area contributed by atoms with Crippen molar-refractivity contribution in [3.63, 3.8) is 0 Å². The van der Waals surface area contributed by atoms with Crippen molar-refractivity contribution in [1.29, 1.82) is 0 Å². The lowest BCUT2D eigenvalue weighted by Gasteiger charge is -2.23. The number of rotatable bonds is 3. The molecule has 156 valence electrons. The number of aryl methyl sites for hydroxylation is 2. The average Bonchev–Trinajstić information content (AvgIpc) is 3.12. The van der Waals surface area contributed by atoms with Gasteiger partial charge < -0.3 is 15.5 Å². The second-order valence-corrected chi connectivity index (χ2v) is 8.74. The number of carbonyl (C=O) groups excluding carboxylic acids is 1. The second-order valence-electron chi connectivity index (χ2n) is 7.83. The third-order valence-corrected chi connectivity index (χ3v) is 6.39. The SMILES string of the molecule is CCOC(=O)c1c(N)nc2c(c1-c1ccc(Br)cc1)CCc1c-2[nH]c2ccc(C)cc12. The van der Waals surface area contributed by atoms with Gasteiger partial charge in [0.1, 0.15) is 11.4 Å². The Kier molecular flexibility index (Phi) is 4.82. The summed E-state index contributed by atoms with van der Waals surface area (Å²) in [5.41, 5.74) is 14.9. The largest absolute Gasteiger partial charge is 0.462 e. The number of nitrogens with one attached hydrogen (secondary N) is 1. The van der Waals surface area contributed by atoms with Gasteiger partial charge >= 0.3 is 5.97 Å². The second kappa shape index (κ2) is 7.54. The van der Waals surface area contributed by atoms with Crippen LogP contribution in [0.2, 0.25) is 0 Å². The van der Waals surface area contributed by atoms with Crippen LogP contribution in [0.4, 0.5) is 5.82 Å². The Balaban J connectivity index is 1.81. The lowest BCUT2D eigenvalue weighted by atomic mass is 9.85. The van der Waals surface area contributed by atoms with Crippen LogP contribution in [-0.2, 0) is 17.6 Å². The number of halogens is 1. The summed E-state index contributed by atoms with van der Waals surface area (Å²) in [7, 11) is 0. The van der Waals surface area contributed by atoms with Crippen LogP contribution in [-0.4, -0.2) is 22.5 Å². The van der Waals surface area contributed by atoms with E-state index in [1.807, 2.05) is 24.3 Å². The van der Waals surface area contributed by atoms with Crippen LogP contribution in [0.25, 0.3) is 33.4 Å². The van der Waals surface area contributed by atoms with Crippen LogP contribution in [0.3, 0.4) is 0 Å². The van der Waals surface area contributed by atoms with Crippen LogP contribution < -0.4 is 5.73 Å². The number of ether oxygens (including phenoxy) is 1. The molecular weight excluding hydrogens is 454 g/mol. The summed E-state index contributed by atoms with van der Waals surface area (Å²) in [5.74, 6) is -0.246. The van der Waals surface area contributed by atoms with Crippen molar-refractivity contribution in [2.75, 3.05) is 12.3 Å². The molecule has 6 heteroatoms. The van der Waals surface area contributed by atoms with Crippen molar-refractivity contribution in [1.82, 2.24) is 9.97 Å².